The molecule has 2 fully saturated rings. The van der Waals surface area contributed by atoms with E-state index in [4.69, 9.17) is 27.6 Å². The van der Waals surface area contributed by atoms with Crippen LogP contribution in [0.2, 0.25) is 0 Å². The van der Waals surface area contributed by atoms with Crippen LogP contribution in [0.5, 0.6) is 17.2 Å². The summed E-state index contributed by atoms with van der Waals surface area (Å²) in [7, 11) is -4.09. The smallest absolute Gasteiger partial charge is 0.456 e. The number of fused-ring (bicyclic) bond motifs is 1. The highest BCUT2D eigenvalue weighted by Gasteiger charge is 2.63. The summed E-state index contributed by atoms with van der Waals surface area (Å²) in [5.41, 5.74) is 0.932. The van der Waals surface area contributed by atoms with Gasteiger partial charge in [0, 0.05) is 18.6 Å². The molecule has 3 aliphatic rings. The van der Waals surface area contributed by atoms with Gasteiger partial charge in [0.1, 0.15) is 19.3 Å². The van der Waals surface area contributed by atoms with Crippen molar-refractivity contribution in [1.82, 2.24) is 9.80 Å². The van der Waals surface area contributed by atoms with Gasteiger partial charge in [-0.05, 0) is 66.1 Å². The minimum atomic E-state index is -4.09. The van der Waals surface area contributed by atoms with Gasteiger partial charge in [-0.3, -0.25) is 24.7 Å². The van der Waals surface area contributed by atoms with E-state index in [0.29, 0.717) is 22.8 Å². The molecule has 2 amide bonds. The number of hydrogen-bond acceptors (Lipinski definition) is 11. The third-order valence-electron chi connectivity index (χ3n) is 9.57. The van der Waals surface area contributed by atoms with Gasteiger partial charge < -0.3 is 9.47 Å². The standard InChI is InChI=1S/C42H35N3O11P/c46-40-38(44-36(28-52-42(44)48)30-13-5-1-6-14-30)35-25-26-37(39(43(35)40)41(47)51-27-29-21-23-31(24-22-29)45(49)50)56-57(53-32-15-7-2-8-16-32,54-33-17-9-3-10-18-33)55-34-19-11-4-12-20-34/h1-24,35-36,38H,25-28H2/q+1/t35-,36?,38+/m1/s1. The Morgan fingerprint density at radius 1 is 0.737 bits per heavy atom. The molecule has 2 saturated heterocycles. The molecular formula is C42H35N3O11P+. The molecule has 0 spiro atoms. The summed E-state index contributed by atoms with van der Waals surface area (Å²) < 4.78 is 37.5. The highest BCUT2D eigenvalue weighted by Crippen LogP contribution is 2.64. The first-order chi connectivity index (χ1) is 27.8. The highest BCUT2D eigenvalue weighted by molar-refractivity contribution is 7.57. The summed E-state index contributed by atoms with van der Waals surface area (Å²) in [5.74, 6) is -0.424. The van der Waals surface area contributed by atoms with E-state index < -0.39 is 49.2 Å². The van der Waals surface area contributed by atoms with Crippen molar-refractivity contribution in [2.24, 2.45) is 0 Å². The van der Waals surface area contributed by atoms with Crippen LogP contribution in [-0.2, 0) is 30.2 Å². The Morgan fingerprint density at radius 2 is 1.26 bits per heavy atom. The number of nitro benzene ring substituents is 1. The Morgan fingerprint density at radius 3 is 1.79 bits per heavy atom. The van der Waals surface area contributed by atoms with Crippen molar-refractivity contribution < 1.29 is 46.9 Å². The number of esters is 1. The summed E-state index contributed by atoms with van der Waals surface area (Å²) in [4.78, 5) is 55.4. The van der Waals surface area contributed by atoms with Crippen LogP contribution in [0.15, 0.2) is 157 Å². The third-order valence-corrected chi connectivity index (χ3v) is 11.3. The molecule has 3 aliphatic heterocycles. The Kier molecular flexibility index (Phi) is 10.4. The first kappa shape index (κ1) is 37.0. The minimum absolute atomic E-state index is 0.00600. The predicted molar refractivity (Wildman–Crippen MR) is 205 cm³/mol. The van der Waals surface area contributed by atoms with Crippen molar-refractivity contribution in [2.45, 2.75) is 37.6 Å². The van der Waals surface area contributed by atoms with Gasteiger partial charge >= 0.3 is 20.2 Å². The maximum atomic E-state index is 14.4. The number of nitrogens with zero attached hydrogens (tertiary/aromatic N) is 3. The van der Waals surface area contributed by atoms with Crippen molar-refractivity contribution in [3.8, 4) is 17.2 Å². The Balaban J connectivity index is 1.19. The number of cyclic esters (lactones) is 1. The second-order valence-electron chi connectivity index (χ2n) is 13.2. The van der Waals surface area contributed by atoms with E-state index in [1.807, 2.05) is 48.5 Å². The lowest BCUT2D eigenvalue weighted by atomic mass is 9.84. The number of ether oxygens (including phenoxy) is 2. The van der Waals surface area contributed by atoms with Crippen LogP contribution in [-0.4, -0.2) is 51.4 Å². The summed E-state index contributed by atoms with van der Waals surface area (Å²) in [6.45, 7) is -0.217. The summed E-state index contributed by atoms with van der Waals surface area (Å²) in [5, 5.41) is 11.2. The van der Waals surface area contributed by atoms with Crippen molar-refractivity contribution in [3.05, 3.63) is 178 Å². The second kappa shape index (κ2) is 16.0. The molecule has 0 aromatic heterocycles. The highest BCUT2D eigenvalue weighted by atomic mass is 31.2. The first-order valence-corrected chi connectivity index (χ1v) is 19.5. The molecule has 3 heterocycles. The van der Waals surface area contributed by atoms with Crippen LogP contribution in [0.25, 0.3) is 0 Å². The normalized spacial score (nSPS) is 18.8. The van der Waals surface area contributed by atoms with Gasteiger partial charge in [-0.15, -0.1) is 0 Å². The molecule has 3 atom stereocenters. The molecule has 0 N–H and O–H groups in total. The molecule has 1 unspecified atom stereocenters. The lowest BCUT2D eigenvalue weighted by Crippen LogP contribution is -2.72. The Labute approximate surface area is 327 Å². The number of amides is 2. The topological polar surface area (TPSA) is 156 Å². The Bertz CT molecular complexity index is 2180. The van der Waals surface area contributed by atoms with Crippen LogP contribution in [0.3, 0.4) is 0 Å². The molecule has 0 aliphatic carbocycles. The molecule has 0 saturated carbocycles. The molecule has 0 bridgehead atoms. The van der Waals surface area contributed by atoms with E-state index in [0.717, 1.165) is 5.56 Å². The quantitative estimate of drug-likeness (QED) is 0.0350. The lowest BCUT2D eigenvalue weighted by molar-refractivity contribution is -0.384. The van der Waals surface area contributed by atoms with Gasteiger partial charge in [-0.2, -0.15) is 0 Å². The van der Waals surface area contributed by atoms with Crippen LogP contribution >= 0.6 is 8.17 Å². The number of β-lactam (4-membered cyclic amide) rings is 1. The number of rotatable bonds is 14. The number of carbonyl (C=O) groups excluding carboxylic acids is 3. The van der Waals surface area contributed by atoms with Crippen LogP contribution in [0.4, 0.5) is 10.5 Å². The fourth-order valence-corrected chi connectivity index (χ4v) is 8.72. The molecule has 5 aromatic carbocycles. The van der Waals surface area contributed by atoms with E-state index in [9.17, 15) is 24.5 Å². The maximum absolute atomic E-state index is 14.4. The van der Waals surface area contributed by atoms with Gasteiger partial charge in [0.2, 0.25) is 0 Å². The third kappa shape index (κ3) is 7.80. The summed E-state index contributed by atoms with van der Waals surface area (Å²) >= 11 is 0. The number of nitro groups is 1. The van der Waals surface area contributed by atoms with Gasteiger partial charge in [-0.1, -0.05) is 84.9 Å². The predicted octanol–water partition coefficient (Wildman–Crippen LogP) is 8.35. The fourth-order valence-electron chi connectivity index (χ4n) is 6.91. The molecule has 8 rings (SSSR count). The number of para-hydroxylation sites is 3. The zero-order valence-corrected chi connectivity index (χ0v) is 31.1. The number of carbonyl (C=O) groups is 3. The van der Waals surface area contributed by atoms with Gasteiger partial charge in [0.05, 0.1) is 17.0 Å². The van der Waals surface area contributed by atoms with Crippen molar-refractivity contribution in [2.75, 3.05) is 6.61 Å². The Hall–Kier alpha value is -6.92. The molecule has 15 heteroatoms. The maximum Gasteiger partial charge on any atom is 0.766 e. The lowest BCUT2D eigenvalue weighted by Gasteiger charge is -2.52. The summed E-state index contributed by atoms with van der Waals surface area (Å²) in [6.07, 6.45) is -0.274. The SMILES string of the molecule is O=C(OCc1ccc([N+](=O)[O-])cc1)C1=C(O[P+](Oc2ccccc2)(Oc2ccccc2)Oc2ccccc2)CC[C@@H]2[C@H](N3C(=O)OCC3c3ccccc3)C(=O)N12. The average Bonchev–Trinajstić information content (AvgIpc) is 3.61. The molecular weight excluding hydrogens is 753 g/mol. The van der Waals surface area contributed by atoms with E-state index in [1.54, 1.807) is 72.8 Å². The minimum Gasteiger partial charge on any atom is -0.456 e. The van der Waals surface area contributed by atoms with Gasteiger partial charge in [0.15, 0.2) is 28.7 Å². The number of hydrogen-bond donors (Lipinski definition) is 0. The molecule has 57 heavy (non-hydrogen) atoms. The van der Waals surface area contributed by atoms with E-state index in [-0.39, 0.29) is 43.2 Å². The van der Waals surface area contributed by atoms with E-state index in [2.05, 4.69) is 0 Å². The molecule has 0 radical (unpaired) electrons. The first-order valence-electron chi connectivity index (χ1n) is 18.1. The van der Waals surface area contributed by atoms with Gasteiger partial charge in [0.25, 0.3) is 11.6 Å². The molecule has 288 valence electrons. The van der Waals surface area contributed by atoms with Gasteiger partial charge in [-0.25, -0.2) is 27.7 Å². The number of benzene rings is 5. The second-order valence-corrected chi connectivity index (χ2v) is 14.8. The van der Waals surface area contributed by atoms with Crippen LogP contribution in [0, 0.1) is 10.1 Å². The van der Waals surface area contributed by atoms with Crippen molar-refractivity contribution in [3.63, 3.8) is 0 Å². The van der Waals surface area contributed by atoms with Crippen molar-refractivity contribution >= 4 is 31.8 Å². The zero-order chi connectivity index (χ0) is 39.4. The number of allylic oxidation sites excluding steroid dienone is 1. The zero-order valence-electron chi connectivity index (χ0n) is 30.2. The molecule has 5 aromatic rings. The number of non-ortho nitro benzene ring substituents is 1. The monoisotopic (exact) mass is 788 g/mol. The van der Waals surface area contributed by atoms with Crippen LogP contribution in [0.1, 0.15) is 30.0 Å². The largest absolute Gasteiger partial charge is 0.766 e. The summed E-state index contributed by atoms with van der Waals surface area (Å²) in [6, 6.07) is 39.0. The molecule has 14 nitrogen and oxygen atoms in total. The van der Waals surface area contributed by atoms with E-state index >= 15 is 0 Å². The fraction of sp³-hybridized carbons (Fsp3) is 0.167. The van der Waals surface area contributed by atoms with Crippen molar-refractivity contribution in [1.29, 1.82) is 0 Å². The van der Waals surface area contributed by atoms with E-state index in [1.165, 1.54) is 34.1 Å². The van der Waals surface area contributed by atoms with Crippen LogP contribution < -0.4 is 13.6 Å². The average molecular weight is 789 g/mol.